The quantitative estimate of drug-likeness (QED) is 0.655. The normalized spacial score (nSPS) is 38.8. The van der Waals surface area contributed by atoms with Crippen molar-refractivity contribution in [1.29, 1.82) is 0 Å². The van der Waals surface area contributed by atoms with Crippen LogP contribution in [0.5, 0.6) is 0 Å². The number of hydrogen-bond donors (Lipinski definition) is 2. The summed E-state index contributed by atoms with van der Waals surface area (Å²) in [5.74, 6) is 0.918. The van der Waals surface area contributed by atoms with Crippen molar-refractivity contribution in [2.24, 2.45) is 5.92 Å². The Morgan fingerprint density at radius 1 is 1.08 bits per heavy atom. The molecule has 0 spiro atoms. The molecule has 0 bridgehead atoms. The molecule has 2 N–H and O–H groups in total. The maximum atomic E-state index is 3.39. The molecule has 2 rings (SSSR count). The molecule has 3 heteroatoms. The van der Waals surface area contributed by atoms with Gasteiger partial charge < -0.3 is 0 Å². The van der Waals surface area contributed by atoms with E-state index in [9.17, 15) is 0 Å². The van der Waals surface area contributed by atoms with Crippen LogP contribution in [-0.4, -0.2) is 10.7 Å². The largest absolute Gasteiger partial charge is 0.244 e. The van der Waals surface area contributed by atoms with Gasteiger partial charge in [0.15, 0.2) is 0 Å². The van der Waals surface area contributed by atoms with Gasteiger partial charge in [-0.2, -0.15) is 0 Å². The Balaban J connectivity index is 1.83. The van der Waals surface area contributed by atoms with E-state index in [1.165, 1.54) is 32.1 Å². The first kappa shape index (κ1) is 8.85. The maximum Gasteiger partial charge on any atom is 0.0710 e. The highest BCUT2D eigenvalue weighted by Gasteiger charge is 2.29. The zero-order chi connectivity index (χ0) is 8.39. The van der Waals surface area contributed by atoms with Crippen molar-refractivity contribution in [3.8, 4) is 0 Å². The van der Waals surface area contributed by atoms with Crippen molar-refractivity contribution in [1.82, 2.24) is 10.9 Å². The third kappa shape index (κ3) is 1.95. The molecule has 70 valence electrons. The van der Waals surface area contributed by atoms with Crippen LogP contribution in [0.4, 0.5) is 0 Å². The fraction of sp³-hybridized carbons (Fsp3) is 1.00. The maximum absolute atomic E-state index is 3.39. The molecule has 1 heterocycles. The minimum atomic E-state index is 0.594. The molecular weight excluding hydrogens is 168 g/mol. The SMILES string of the molecule is CC1NNC(C2CCCCC2)S1. The van der Waals surface area contributed by atoms with Crippen LogP contribution < -0.4 is 10.9 Å². The molecule has 1 saturated heterocycles. The molecule has 1 aliphatic heterocycles. The van der Waals surface area contributed by atoms with Gasteiger partial charge in [0.05, 0.1) is 10.7 Å². The minimum Gasteiger partial charge on any atom is -0.244 e. The first-order valence-corrected chi connectivity index (χ1v) is 5.97. The predicted octanol–water partition coefficient (Wildman–Crippen LogP) is 2.08. The zero-order valence-electron chi connectivity index (χ0n) is 7.68. The molecule has 2 unspecified atom stereocenters. The summed E-state index contributed by atoms with van der Waals surface area (Å²) in [5, 5.41) is 1.28. The Kier molecular flexibility index (Phi) is 2.94. The van der Waals surface area contributed by atoms with E-state index in [-0.39, 0.29) is 0 Å². The molecule has 12 heavy (non-hydrogen) atoms. The average molecular weight is 186 g/mol. The molecule has 0 aromatic rings. The molecule has 2 atom stereocenters. The van der Waals surface area contributed by atoms with Crippen LogP contribution in [0.15, 0.2) is 0 Å². The van der Waals surface area contributed by atoms with Crippen LogP contribution in [0.1, 0.15) is 39.0 Å². The topological polar surface area (TPSA) is 24.1 Å². The Labute approximate surface area is 78.8 Å². The van der Waals surface area contributed by atoms with Crippen LogP contribution in [0.2, 0.25) is 0 Å². The third-order valence-electron chi connectivity index (χ3n) is 2.86. The molecule has 0 aromatic carbocycles. The Hall–Kier alpha value is 0.270. The molecule has 2 aliphatic rings. The summed E-state index contributed by atoms with van der Waals surface area (Å²) in [7, 11) is 0. The standard InChI is InChI=1S/C9H18N2S/c1-7-10-11-9(12-7)8-5-3-2-4-6-8/h7-11H,2-6H2,1H3. The van der Waals surface area contributed by atoms with E-state index in [0.717, 1.165) is 5.92 Å². The van der Waals surface area contributed by atoms with Gasteiger partial charge in [-0.3, -0.25) is 0 Å². The van der Waals surface area contributed by atoms with Crippen molar-refractivity contribution in [3.05, 3.63) is 0 Å². The Morgan fingerprint density at radius 2 is 1.83 bits per heavy atom. The van der Waals surface area contributed by atoms with E-state index in [1.54, 1.807) is 0 Å². The van der Waals surface area contributed by atoms with Gasteiger partial charge in [0.1, 0.15) is 0 Å². The molecule has 1 aliphatic carbocycles. The van der Waals surface area contributed by atoms with Crippen molar-refractivity contribution in [3.63, 3.8) is 0 Å². The minimum absolute atomic E-state index is 0.594. The molecule has 2 fully saturated rings. The van der Waals surface area contributed by atoms with Crippen molar-refractivity contribution in [2.75, 3.05) is 0 Å². The van der Waals surface area contributed by atoms with E-state index in [1.807, 2.05) is 11.8 Å². The van der Waals surface area contributed by atoms with E-state index in [4.69, 9.17) is 0 Å². The summed E-state index contributed by atoms with van der Waals surface area (Å²) >= 11 is 2.05. The summed E-state index contributed by atoms with van der Waals surface area (Å²) in [6, 6.07) is 0. The van der Waals surface area contributed by atoms with Gasteiger partial charge in [0, 0.05) is 0 Å². The summed E-state index contributed by atoms with van der Waals surface area (Å²) < 4.78 is 0. The van der Waals surface area contributed by atoms with Crippen LogP contribution in [0, 0.1) is 5.92 Å². The lowest BCUT2D eigenvalue weighted by Gasteiger charge is -2.26. The van der Waals surface area contributed by atoms with Crippen LogP contribution in [0.25, 0.3) is 0 Å². The zero-order valence-corrected chi connectivity index (χ0v) is 8.49. The van der Waals surface area contributed by atoms with Crippen molar-refractivity contribution in [2.45, 2.75) is 49.8 Å². The second kappa shape index (κ2) is 3.99. The summed E-state index contributed by atoms with van der Waals surface area (Å²) in [6.45, 7) is 2.22. The second-order valence-electron chi connectivity index (χ2n) is 3.89. The van der Waals surface area contributed by atoms with E-state index in [0.29, 0.717) is 10.7 Å². The molecule has 2 nitrogen and oxygen atoms in total. The Morgan fingerprint density at radius 3 is 2.42 bits per heavy atom. The smallest absolute Gasteiger partial charge is 0.0710 e. The second-order valence-corrected chi connectivity index (χ2v) is 5.37. The van der Waals surface area contributed by atoms with Gasteiger partial charge in [-0.25, -0.2) is 10.9 Å². The molecular formula is C9H18N2S. The van der Waals surface area contributed by atoms with Gasteiger partial charge >= 0.3 is 0 Å². The summed E-state index contributed by atoms with van der Waals surface area (Å²) in [4.78, 5) is 0. The van der Waals surface area contributed by atoms with Gasteiger partial charge in [0.2, 0.25) is 0 Å². The van der Waals surface area contributed by atoms with Crippen LogP contribution in [0.3, 0.4) is 0 Å². The lowest BCUT2D eigenvalue weighted by Crippen LogP contribution is -2.36. The highest BCUT2D eigenvalue weighted by Crippen LogP contribution is 2.34. The monoisotopic (exact) mass is 186 g/mol. The third-order valence-corrected chi connectivity index (χ3v) is 4.18. The van der Waals surface area contributed by atoms with Gasteiger partial charge in [-0.15, -0.1) is 11.8 Å². The van der Waals surface area contributed by atoms with Gasteiger partial charge in [-0.1, -0.05) is 19.3 Å². The number of thioether (sulfide) groups is 1. The van der Waals surface area contributed by atoms with E-state index >= 15 is 0 Å². The van der Waals surface area contributed by atoms with Crippen molar-refractivity contribution < 1.29 is 0 Å². The van der Waals surface area contributed by atoms with E-state index < -0.39 is 0 Å². The van der Waals surface area contributed by atoms with Crippen molar-refractivity contribution >= 4 is 11.8 Å². The fourth-order valence-electron chi connectivity index (χ4n) is 2.15. The first-order chi connectivity index (χ1) is 5.86. The van der Waals surface area contributed by atoms with Gasteiger partial charge in [0.25, 0.3) is 0 Å². The number of rotatable bonds is 1. The number of nitrogens with one attached hydrogen (secondary N) is 2. The fourth-order valence-corrected chi connectivity index (χ4v) is 3.36. The highest BCUT2D eigenvalue weighted by atomic mass is 32.2. The first-order valence-electron chi connectivity index (χ1n) is 5.03. The van der Waals surface area contributed by atoms with Crippen LogP contribution >= 0.6 is 11.8 Å². The molecule has 0 amide bonds. The average Bonchev–Trinajstić information content (AvgIpc) is 2.54. The number of hydrogen-bond acceptors (Lipinski definition) is 3. The van der Waals surface area contributed by atoms with E-state index in [2.05, 4.69) is 17.8 Å². The summed E-state index contributed by atoms with van der Waals surface area (Å²) in [6.07, 6.45) is 7.20. The summed E-state index contributed by atoms with van der Waals surface area (Å²) in [5.41, 5.74) is 6.67. The molecule has 0 aromatic heterocycles. The predicted molar refractivity (Wildman–Crippen MR) is 53.7 cm³/mol. The lowest BCUT2D eigenvalue weighted by atomic mass is 9.89. The van der Waals surface area contributed by atoms with Crippen LogP contribution in [-0.2, 0) is 0 Å². The molecule has 1 saturated carbocycles. The Bertz CT molecular complexity index is 143. The highest BCUT2D eigenvalue weighted by molar-refractivity contribution is 8.00. The molecule has 0 radical (unpaired) electrons. The number of hydrazine groups is 1. The van der Waals surface area contributed by atoms with Gasteiger partial charge in [-0.05, 0) is 25.7 Å². The lowest BCUT2D eigenvalue weighted by molar-refractivity contribution is 0.317.